The van der Waals surface area contributed by atoms with Gasteiger partial charge in [-0.3, -0.25) is 10.1 Å². The lowest BCUT2D eigenvalue weighted by atomic mass is 10.2. The van der Waals surface area contributed by atoms with E-state index in [4.69, 9.17) is 4.74 Å². The van der Waals surface area contributed by atoms with Crippen LogP contribution in [0, 0.1) is 22.0 Å². The third kappa shape index (κ3) is 3.89. The molecule has 1 fully saturated rings. The first-order valence-electron chi connectivity index (χ1n) is 7.05. The highest BCUT2D eigenvalue weighted by molar-refractivity contribution is 5.64. The van der Waals surface area contributed by atoms with E-state index in [0.29, 0.717) is 38.5 Å². The van der Waals surface area contributed by atoms with Crippen molar-refractivity contribution in [1.29, 1.82) is 0 Å². The predicted molar refractivity (Wildman–Crippen MR) is 78.1 cm³/mol. The fourth-order valence-electron chi connectivity index (χ4n) is 2.05. The van der Waals surface area contributed by atoms with E-state index in [0.717, 1.165) is 12.8 Å². The summed E-state index contributed by atoms with van der Waals surface area (Å²) in [6.45, 7) is 4.32. The Hall–Kier alpha value is -2.20. The van der Waals surface area contributed by atoms with Crippen LogP contribution >= 0.6 is 0 Å². The molecule has 7 heteroatoms. The molecule has 1 saturated heterocycles. The van der Waals surface area contributed by atoms with Crippen LogP contribution in [0.4, 0.5) is 11.5 Å². The molecule has 0 radical (unpaired) electrons. The van der Waals surface area contributed by atoms with Gasteiger partial charge >= 0.3 is 5.69 Å². The lowest BCUT2D eigenvalue weighted by Crippen LogP contribution is -2.37. The summed E-state index contributed by atoms with van der Waals surface area (Å²) in [5.41, 5.74) is 0.0796. The van der Waals surface area contributed by atoms with E-state index < -0.39 is 4.92 Å². The Morgan fingerprint density at radius 2 is 2.19 bits per heavy atom. The number of unbranched alkanes of at least 4 members (excludes halogenated alkanes) is 2. The molecule has 2 rings (SSSR count). The molecule has 1 aliphatic rings. The number of anilines is 1. The molecule has 0 atom stereocenters. The van der Waals surface area contributed by atoms with Gasteiger partial charge in [-0.25, -0.2) is 9.97 Å². The maximum atomic E-state index is 11.4. The Morgan fingerprint density at radius 1 is 1.43 bits per heavy atom. The van der Waals surface area contributed by atoms with E-state index in [-0.39, 0.29) is 11.4 Å². The van der Waals surface area contributed by atoms with E-state index in [9.17, 15) is 10.1 Å². The minimum absolute atomic E-state index is 0.108. The summed E-state index contributed by atoms with van der Waals surface area (Å²) in [4.78, 5) is 20.8. The summed E-state index contributed by atoms with van der Waals surface area (Å²) in [6, 6.07) is 0. The van der Waals surface area contributed by atoms with Crippen LogP contribution in [0.15, 0.2) is 6.33 Å². The lowest BCUT2D eigenvalue weighted by molar-refractivity contribution is -0.384. The van der Waals surface area contributed by atoms with Gasteiger partial charge < -0.3 is 9.64 Å². The average molecular weight is 290 g/mol. The Labute approximate surface area is 123 Å². The van der Waals surface area contributed by atoms with Crippen molar-refractivity contribution in [2.75, 3.05) is 31.2 Å². The summed E-state index contributed by atoms with van der Waals surface area (Å²) in [5, 5.41) is 11.4. The van der Waals surface area contributed by atoms with Gasteiger partial charge in [-0.15, -0.1) is 0 Å². The highest BCUT2D eigenvalue weighted by atomic mass is 16.6. The van der Waals surface area contributed by atoms with E-state index in [2.05, 4.69) is 28.7 Å². The number of nitrogens with zero attached hydrogens (tertiary/aromatic N) is 4. The highest BCUT2D eigenvalue weighted by Crippen LogP contribution is 2.28. The summed E-state index contributed by atoms with van der Waals surface area (Å²) in [5.74, 6) is 6.08. The van der Waals surface area contributed by atoms with Crippen LogP contribution < -0.4 is 4.90 Å². The Kier molecular flexibility index (Phi) is 5.46. The van der Waals surface area contributed by atoms with Crippen molar-refractivity contribution in [1.82, 2.24) is 9.97 Å². The normalized spacial score (nSPS) is 14.4. The largest absolute Gasteiger partial charge is 0.378 e. The maximum Gasteiger partial charge on any atom is 0.345 e. The molecule has 2 heterocycles. The number of nitro groups is 1. The first-order valence-corrected chi connectivity index (χ1v) is 7.05. The van der Waals surface area contributed by atoms with Gasteiger partial charge in [-0.05, 0) is 12.3 Å². The molecule has 0 unspecified atom stereocenters. The second-order valence-corrected chi connectivity index (χ2v) is 4.66. The van der Waals surface area contributed by atoms with Gasteiger partial charge in [0, 0.05) is 19.5 Å². The molecule has 21 heavy (non-hydrogen) atoms. The molecule has 1 aromatic heterocycles. The van der Waals surface area contributed by atoms with E-state index in [1.54, 1.807) is 0 Å². The van der Waals surface area contributed by atoms with E-state index in [1.165, 1.54) is 6.33 Å². The van der Waals surface area contributed by atoms with Gasteiger partial charge in [0.1, 0.15) is 6.33 Å². The maximum absolute atomic E-state index is 11.4. The standard InChI is InChI=1S/C14H18N4O3/c1-2-3-4-5-6-12-13(18(19)20)14(16-11-15-12)17-7-9-21-10-8-17/h11H,2-4,7-10H2,1H3. The minimum Gasteiger partial charge on any atom is -0.378 e. The van der Waals surface area contributed by atoms with Crippen LogP contribution in [0.25, 0.3) is 0 Å². The third-order valence-electron chi connectivity index (χ3n) is 3.16. The summed E-state index contributed by atoms with van der Waals surface area (Å²) in [6.07, 6.45) is 4.06. The monoisotopic (exact) mass is 290 g/mol. The van der Waals surface area contributed by atoms with Crippen LogP contribution in [0.3, 0.4) is 0 Å². The minimum atomic E-state index is -0.450. The zero-order valence-electron chi connectivity index (χ0n) is 12.0. The molecule has 1 aliphatic heterocycles. The molecule has 112 valence electrons. The number of hydrogen-bond donors (Lipinski definition) is 0. The van der Waals surface area contributed by atoms with Crippen molar-refractivity contribution >= 4 is 11.5 Å². The van der Waals surface area contributed by atoms with Crippen molar-refractivity contribution in [3.05, 3.63) is 22.1 Å². The summed E-state index contributed by atoms with van der Waals surface area (Å²) < 4.78 is 5.26. The number of ether oxygens (including phenoxy) is 1. The zero-order valence-corrected chi connectivity index (χ0v) is 12.0. The Morgan fingerprint density at radius 3 is 2.86 bits per heavy atom. The van der Waals surface area contributed by atoms with Crippen molar-refractivity contribution in [2.45, 2.75) is 26.2 Å². The predicted octanol–water partition coefficient (Wildman–Crippen LogP) is 1.76. The first kappa shape index (κ1) is 15.2. The van der Waals surface area contributed by atoms with Gasteiger partial charge in [-0.1, -0.05) is 19.3 Å². The van der Waals surface area contributed by atoms with Crippen LogP contribution in [-0.2, 0) is 4.74 Å². The third-order valence-corrected chi connectivity index (χ3v) is 3.16. The first-order chi connectivity index (χ1) is 10.2. The second-order valence-electron chi connectivity index (χ2n) is 4.66. The van der Waals surface area contributed by atoms with Crippen LogP contribution in [0.1, 0.15) is 31.9 Å². The molecule has 1 aromatic rings. The average Bonchev–Trinajstić information content (AvgIpc) is 2.52. The Balaban J connectivity index is 2.31. The van der Waals surface area contributed by atoms with Crippen molar-refractivity contribution in [3.63, 3.8) is 0 Å². The zero-order chi connectivity index (χ0) is 15.1. The van der Waals surface area contributed by atoms with Crippen molar-refractivity contribution in [2.24, 2.45) is 0 Å². The molecule has 0 bridgehead atoms. The molecular formula is C14H18N4O3. The van der Waals surface area contributed by atoms with E-state index in [1.807, 2.05) is 4.90 Å². The molecule has 7 nitrogen and oxygen atoms in total. The molecule has 0 N–H and O–H groups in total. The van der Waals surface area contributed by atoms with Gasteiger partial charge in [0.15, 0.2) is 5.69 Å². The smallest absolute Gasteiger partial charge is 0.345 e. The fraction of sp³-hybridized carbons (Fsp3) is 0.571. The Bertz CT molecular complexity index is 559. The molecule has 0 aromatic carbocycles. The second kappa shape index (κ2) is 7.55. The lowest BCUT2D eigenvalue weighted by Gasteiger charge is -2.27. The van der Waals surface area contributed by atoms with Crippen molar-refractivity contribution < 1.29 is 9.66 Å². The van der Waals surface area contributed by atoms with Gasteiger partial charge in [0.05, 0.1) is 18.1 Å². The number of morpholine rings is 1. The fourth-order valence-corrected chi connectivity index (χ4v) is 2.05. The molecule has 0 aliphatic carbocycles. The summed E-state index contributed by atoms with van der Waals surface area (Å²) in [7, 11) is 0. The molecule has 0 spiro atoms. The van der Waals surface area contributed by atoms with Gasteiger partial charge in [-0.2, -0.15) is 0 Å². The van der Waals surface area contributed by atoms with Crippen LogP contribution in [0.2, 0.25) is 0 Å². The summed E-state index contributed by atoms with van der Waals surface area (Å²) >= 11 is 0. The number of aromatic nitrogens is 2. The number of hydrogen-bond acceptors (Lipinski definition) is 6. The molecular weight excluding hydrogens is 272 g/mol. The molecule has 0 amide bonds. The SMILES string of the molecule is CCCCC#Cc1ncnc(N2CCOCC2)c1[N+](=O)[O-]. The molecule has 0 saturated carbocycles. The van der Waals surface area contributed by atoms with Crippen LogP contribution in [0.5, 0.6) is 0 Å². The van der Waals surface area contributed by atoms with Crippen molar-refractivity contribution in [3.8, 4) is 11.8 Å². The van der Waals surface area contributed by atoms with Crippen LogP contribution in [-0.4, -0.2) is 41.2 Å². The van der Waals surface area contributed by atoms with E-state index >= 15 is 0 Å². The quantitative estimate of drug-likeness (QED) is 0.364. The highest BCUT2D eigenvalue weighted by Gasteiger charge is 2.27. The van der Waals surface area contributed by atoms with Gasteiger partial charge in [0.25, 0.3) is 0 Å². The number of rotatable bonds is 4. The topological polar surface area (TPSA) is 81.4 Å². The van der Waals surface area contributed by atoms with Gasteiger partial charge in [0.2, 0.25) is 5.82 Å².